The number of nitro benzene ring substituents is 1. The molecule has 2 N–H and O–H groups in total. The SMILES string of the molecule is CNC(=O)c1ccc([N+](=O)[O-])c(NC(C)COC)c1. The van der Waals surface area contributed by atoms with E-state index >= 15 is 0 Å². The second-order valence-electron chi connectivity index (χ2n) is 4.07. The minimum absolute atomic E-state index is 0.0735. The van der Waals surface area contributed by atoms with Gasteiger partial charge in [-0.2, -0.15) is 0 Å². The van der Waals surface area contributed by atoms with Crippen molar-refractivity contribution in [2.24, 2.45) is 0 Å². The predicted octanol–water partition coefficient (Wildman–Crippen LogP) is 1.40. The third-order valence-electron chi connectivity index (χ3n) is 2.50. The summed E-state index contributed by atoms with van der Waals surface area (Å²) in [6.45, 7) is 2.24. The molecule has 0 aliphatic carbocycles. The lowest BCUT2D eigenvalue weighted by Gasteiger charge is -2.14. The van der Waals surface area contributed by atoms with Crippen molar-refractivity contribution in [2.75, 3.05) is 26.1 Å². The fraction of sp³-hybridized carbons (Fsp3) is 0.417. The summed E-state index contributed by atoms with van der Waals surface area (Å²) >= 11 is 0. The lowest BCUT2D eigenvalue weighted by Crippen LogP contribution is -2.22. The maximum absolute atomic E-state index is 11.5. The van der Waals surface area contributed by atoms with Gasteiger partial charge in [0, 0.05) is 31.8 Å². The zero-order valence-corrected chi connectivity index (χ0v) is 11.1. The monoisotopic (exact) mass is 267 g/mol. The maximum atomic E-state index is 11.5. The quantitative estimate of drug-likeness (QED) is 0.600. The number of rotatable bonds is 6. The molecule has 0 fully saturated rings. The molecule has 0 bridgehead atoms. The van der Waals surface area contributed by atoms with Crippen molar-refractivity contribution in [3.05, 3.63) is 33.9 Å². The van der Waals surface area contributed by atoms with E-state index in [0.29, 0.717) is 17.9 Å². The van der Waals surface area contributed by atoms with E-state index in [-0.39, 0.29) is 17.6 Å². The average Bonchev–Trinajstić information content (AvgIpc) is 2.37. The number of hydrogen-bond donors (Lipinski definition) is 2. The Morgan fingerprint density at radius 1 is 1.53 bits per heavy atom. The molecule has 7 heteroatoms. The molecule has 1 aromatic carbocycles. The average molecular weight is 267 g/mol. The Bertz CT molecular complexity index is 476. The van der Waals surface area contributed by atoms with Crippen molar-refractivity contribution in [3.8, 4) is 0 Å². The summed E-state index contributed by atoms with van der Waals surface area (Å²) in [4.78, 5) is 22.0. The number of nitrogens with one attached hydrogen (secondary N) is 2. The first kappa shape index (κ1) is 14.9. The van der Waals surface area contributed by atoms with Gasteiger partial charge >= 0.3 is 0 Å². The molecule has 0 aromatic heterocycles. The topological polar surface area (TPSA) is 93.5 Å². The molecule has 0 saturated heterocycles. The van der Waals surface area contributed by atoms with Crippen LogP contribution in [0.15, 0.2) is 18.2 Å². The van der Waals surface area contributed by atoms with E-state index in [1.54, 1.807) is 7.11 Å². The minimum atomic E-state index is -0.491. The van der Waals surface area contributed by atoms with Crippen LogP contribution in [0.3, 0.4) is 0 Å². The smallest absolute Gasteiger partial charge is 0.292 e. The van der Waals surface area contributed by atoms with Crippen LogP contribution in [0.1, 0.15) is 17.3 Å². The number of benzene rings is 1. The van der Waals surface area contributed by atoms with Crippen LogP contribution in [0.2, 0.25) is 0 Å². The van der Waals surface area contributed by atoms with Crippen molar-refractivity contribution in [1.82, 2.24) is 5.32 Å². The molecule has 0 radical (unpaired) electrons. The Kier molecular flexibility index (Phi) is 5.25. The van der Waals surface area contributed by atoms with Crippen molar-refractivity contribution in [2.45, 2.75) is 13.0 Å². The van der Waals surface area contributed by atoms with Crippen LogP contribution in [0.25, 0.3) is 0 Å². The number of methoxy groups -OCH3 is 1. The van der Waals surface area contributed by atoms with Gasteiger partial charge in [0.25, 0.3) is 11.6 Å². The molecule has 104 valence electrons. The fourth-order valence-electron chi connectivity index (χ4n) is 1.65. The molecule has 7 nitrogen and oxygen atoms in total. The van der Waals surface area contributed by atoms with Gasteiger partial charge in [-0.3, -0.25) is 14.9 Å². The zero-order chi connectivity index (χ0) is 14.4. The molecule has 1 aromatic rings. The van der Waals surface area contributed by atoms with Crippen LogP contribution < -0.4 is 10.6 Å². The minimum Gasteiger partial charge on any atom is -0.383 e. The molecule has 1 atom stereocenters. The Labute approximate surface area is 111 Å². The lowest BCUT2D eigenvalue weighted by molar-refractivity contribution is -0.384. The number of carbonyl (C=O) groups excluding carboxylic acids is 1. The predicted molar refractivity (Wildman–Crippen MR) is 71.4 cm³/mol. The van der Waals surface area contributed by atoms with E-state index in [1.807, 2.05) is 6.92 Å². The second-order valence-corrected chi connectivity index (χ2v) is 4.07. The summed E-state index contributed by atoms with van der Waals surface area (Å²) in [6, 6.07) is 4.09. The summed E-state index contributed by atoms with van der Waals surface area (Å²) in [6.07, 6.45) is 0. The highest BCUT2D eigenvalue weighted by molar-refractivity contribution is 5.95. The molecular weight excluding hydrogens is 250 g/mol. The van der Waals surface area contributed by atoms with E-state index < -0.39 is 4.92 Å². The molecule has 0 aliphatic rings. The summed E-state index contributed by atoms with van der Waals surface area (Å²) in [5.41, 5.74) is 0.589. The first-order valence-electron chi connectivity index (χ1n) is 5.75. The Balaban J connectivity index is 3.08. The van der Waals surface area contributed by atoms with Crippen LogP contribution in [0.4, 0.5) is 11.4 Å². The van der Waals surface area contributed by atoms with Crippen molar-refractivity contribution in [3.63, 3.8) is 0 Å². The molecule has 1 amide bonds. The molecular formula is C12H17N3O4. The molecule has 19 heavy (non-hydrogen) atoms. The van der Waals surface area contributed by atoms with Gasteiger partial charge in [-0.1, -0.05) is 0 Å². The molecule has 0 spiro atoms. The highest BCUT2D eigenvalue weighted by Gasteiger charge is 2.17. The summed E-state index contributed by atoms with van der Waals surface area (Å²) < 4.78 is 4.96. The van der Waals surface area contributed by atoms with E-state index in [0.717, 1.165) is 0 Å². The first-order chi connectivity index (χ1) is 8.99. The van der Waals surface area contributed by atoms with E-state index in [2.05, 4.69) is 10.6 Å². The van der Waals surface area contributed by atoms with Gasteiger partial charge in [0.1, 0.15) is 5.69 Å². The number of nitrogens with zero attached hydrogens (tertiary/aromatic N) is 1. The largest absolute Gasteiger partial charge is 0.383 e. The second kappa shape index (κ2) is 6.69. The number of ether oxygens (including phenoxy) is 1. The van der Waals surface area contributed by atoms with Gasteiger partial charge < -0.3 is 15.4 Å². The fourth-order valence-corrected chi connectivity index (χ4v) is 1.65. The molecule has 0 heterocycles. The van der Waals surface area contributed by atoms with Crippen LogP contribution in [0, 0.1) is 10.1 Å². The Hall–Kier alpha value is -2.15. The zero-order valence-electron chi connectivity index (χ0n) is 11.1. The summed E-state index contributed by atoms with van der Waals surface area (Å²) in [7, 11) is 3.05. The van der Waals surface area contributed by atoms with E-state index in [4.69, 9.17) is 4.74 Å². The molecule has 1 rings (SSSR count). The van der Waals surface area contributed by atoms with Crippen molar-refractivity contribution < 1.29 is 14.5 Å². The van der Waals surface area contributed by atoms with Gasteiger partial charge in [-0.05, 0) is 19.1 Å². The Morgan fingerprint density at radius 2 is 2.21 bits per heavy atom. The van der Waals surface area contributed by atoms with Gasteiger partial charge in [-0.25, -0.2) is 0 Å². The van der Waals surface area contributed by atoms with E-state index in [9.17, 15) is 14.9 Å². The number of hydrogen-bond acceptors (Lipinski definition) is 5. The van der Waals surface area contributed by atoms with Gasteiger partial charge in [0.05, 0.1) is 11.5 Å². The number of nitro groups is 1. The number of anilines is 1. The first-order valence-corrected chi connectivity index (χ1v) is 5.75. The molecule has 0 aliphatic heterocycles. The van der Waals surface area contributed by atoms with Gasteiger partial charge in [-0.15, -0.1) is 0 Å². The van der Waals surface area contributed by atoms with Gasteiger partial charge in [0.15, 0.2) is 0 Å². The summed E-state index contributed by atoms with van der Waals surface area (Å²) in [5.74, 6) is -0.294. The third-order valence-corrected chi connectivity index (χ3v) is 2.50. The van der Waals surface area contributed by atoms with Crippen LogP contribution >= 0.6 is 0 Å². The van der Waals surface area contributed by atoms with Crippen LogP contribution in [-0.2, 0) is 4.74 Å². The normalized spacial score (nSPS) is 11.7. The van der Waals surface area contributed by atoms with Gasteiger partial charge in [0.2, 0.25) is 0 Å². The Morgan fingerprint density at radius 3 is 2.74 bits per heavy atom. The summed E-state index contributed by atoms with van der Waals surface area (Å²) in [5, 5.41) is 16.4. The van der Waals surface area contributed by atoms with Crippen LogP contribution in [-0.4, -0.2) is 37.6 Å². The van der Waals surface area contributed by atoms with E-state index in [1.165, 1.54) is 25.2 Å². The van der Waals surface area contributed by atoms with Crippen LogP contribution in [0.5, 0.6) is 0 Å². The molecule has 1 unspecified atom stereocenters. The lowest BCUT2D eigenvalue weighted by atomic mass is 10.1. The maximum Gasteiger partial charge on any atom is 0.292 e. The third kappa shape index (κ3) is 3.92. The molecule has 0 saturated carbocycles. The number of carbonyl (C=O) groups is 1. The highest BCUT2D eigenvalue weighted by atomic mass is 16.6. The standard InChI is InChI=1S/C12H17N3O4/c1-8(7-19-3)14-10-6-9(12(16)13-2)4-5-11(10)15(17)18/h4-6,8,14H,7H2,1-3H3,(H,13,16). The highest BCUT2D eigenvalue weighted by Crippen LogP contribution is 2.26. The number of amides is 1. The van der Waals surface area contributed by atoms with Crippen molar-refractivity contribution in [1.29, 1.82) is 0 Å². The van der Waals surface area contributed by atoms with Crippen molar-refractivity contribution >= 4 is 17.3 Å².